The lowest BCUT2D eigenvalue weighted by Gasteiger charge is -2.28. The molecule has 1 aliphatic carbocycles. The van der Waals surface area contributed by atoms with Gasteiger partial charge in [0.2, 0.25) is 5.91 Å². The predicted octanol–water partition coefficient (Wildman–Crippen LogP) is 3.15. The van der Waals surface area contributed by atoms with Crippen molar-refractivity contribution in [2.24, 2.45) is 0 Å². The molecule has 34 heavy (non-hydrogen) atoms. The van der Waals surface area contributed by atoms with Crippen LogP contribution in [0.1, 0.15) is 43.2 Å². The molecule has 0 radical (unpaired) electrons. The highest BCUT2D eigenvalue weighted by Crippen LogP contribution is 2.44. The minimum Gasteiger partial charge on any atom is -0.480 e. The summed E-state index contributed by atoms with van der Waals surface area (Å²) in [6, 6.07) is 14.6. The summed E-state index contributed by atoms with van der Waals surface area (Å²) in [5, 5.41) is 12.3. The number of alkyl carbamates (subject to hydrolysis) is 1. The monoisotopic (exact) mass is 464 g/mol. The van der Waals surface area contributed by atoms with E-state index in [2.05, 4.69) is 29.6 Å². The van der Waals surface area contributed by atoms with Gasteiger partial charge in [0.25, 0.3) is 0 Å². The van der Waals surface area contributed by atoms with Gasteiger partial charge in [0.1, 0.15) is 12.6 Å². The summed E-state index contributed by atoms with van der Waals surface area (Å²) in [7, 11) is 0. The van der Waals surface area contributed by atoms with Crippen LogP contribution in [-0.2, 0) is 19.1 Å². The molecule has 0 bridgehead atoms. The maximum atomic E-state index is 13.0. The van der Waals surface area contributed by atoms with E-state index in [1.54, 1.807) is 6.92 Å². The number of hydrogen-bond acceptors (Lipinski definition) is 5. The SMILES string of the molecule is C[C@H](CC(=O)N1C(C(=O)O)C[C@H]2OCC[C@H]21)NC(=O)OCC1c2ccccc2-c2ccccc21. The summed E-state index contributed by atoms with van der Waals surface area (Å²) >= 11 is 0. The van der Waals surface area contributed by atoms with E-state index in [1.807, 2.05) is 24.3 Å². The highest BCUT2D eigenvalue weighted by molar-refractivity contribution is 5.85. The zero-order valence-electron chi connectivity index (χ0n) is 19.0. The summed E-state index contributed by atoms with van der Waals surface area (Å²) in [6.07, 6.45) is 0.113. The van der Waals surface area contributed by atoms with Crippen molar-refractivity contribution in [1.82, 2.24) is 10.2 Å². The summed E-state index contributed by atoms with van der Waals surface area (Å²) in [5.41, 5.74) is 4.56. The highest BCUT2D eigenvalue weighted by Gasteiger charge is 2.49. The molecule has 1 unspecified atom stereocenters. The molecule has 3 aliphatic rings. The first-order chi connectivity index (χ1) is 16.4. The number of benzene rings is 2. The van der Waals surface area contributed by atoms with Crippen LogP contribution in [0.4, 0.5) is 4.79 Å². The van der Waals surface area contributed by atoms with Gasteiger partial charge in [-0.1, -0.05) is 48.5 Å². The molecule has 2 aliphatic heterocycles. The van der Waals surface area contributed by atoms with Gasteiger partial charge >= 0.3 is 12.1 Å². The topological polar surface area (TPSA) is 105 Å². The van der Waals surface area contributed by atoms with Crippen LogP contribution < -0.4 is 5.32 Å². The Morgan fingerprint density at radius 3 is 2.41 bits per heavy atom. The fourth-order valence-corrected chi connectivity index (χ4v) is 5.58. The van der Waals surface area contributed by atoms with Gasteiger partial charge in [-0.05, 0) is 35.6 Å². The molecule has 0 spiro atoms. The van der Waals surface area contributed by atoms with E-state index >= 15 is 0 Å². The first kappa shape index (κ1) is 22.4. The van der Waals surface area contributed by atoms with Crippen molar-refractivity contribution in [2.75, 3.05) is 13.2 Å². The smallest absolute Gasteiger partial charge is 0.407 e. The van der Waals surface area contributed by atoms with E-state index in [1.165, 1.54) is 4.90 Å². The number of likely N-dealkylation sites (tertiary alicyclic amines) is 1. The third kappa shape index (κ3) is 4.03. The second-order valence-corrected chi connectivity index (χ2v) is 9.23. The average molecular weight is 465 g/mol. The lowest BCUT2D eigenvalue weighted by atomic mass is 9.98. The molecule has 8 nitrogen and oxygen atoms in total. The highest BCUT2D eigenvalue weighted by atomic mass is 16.5. The van der Waals surface area contributed by atoms with Gasteiger partial charge in [-0.25, -0.2) is 9.59 Å². The number of aliphatic carboxylic acids is 1. The van der Waals surface area contributed by atoms with Crippen molar-refractivity contribution in [2.45, 2.75) is 56.3 Å². The lowest BCUT2D eigenvalue weighted by molar-refractivity contribution is -0.149. The van der Waals surface area contributed by atoms with Crippen molar-refractivity contribution < 1.29 is 29.0 Å². The molecule has 2 N–H and O–H groups in total. The summed E-state index contributed by atoms with van der Waals surface area (Å²) in [4.78, 5) is 38.6. The number of amides is 2. The first-order valence-electron chi connectivity index (χ1n) is 11.7. The Bertz CT molecular complexity index is 1070. The first-order valence-corrected chi connectivity index (χ1v) is 11.7. The number of nitrogens with one attached hydrogen (secondary N) is 1. The van der Waals surface area contributed by atoms with Gasteiger partial charge in [-0.3, -0.25) is 4.79 Å². The maximum Gasteiger partial charge on any atom is 0.407 e. The number of nitrogens with zero attached hydrogens (tertiary/aromatic N) is 1. The number of ether oxygens (including phenoxy) is 2. The van der Waals surface area contributed by atoms with Gasteiger partial charge in [0.05, 0.1) is 12.1 Å². The van der Waals surface area contributed by atoms with Crippen molar-refractivity contribution in [3.05, 3.63) is 59.7 Å². The van der Waals surface area contributed by atoms with Gasteiger partial charge in [0.15, 0.2) is 0 Å². The number of hydrogen-bond donors (Lipinski definition) is 2. The maximum absolute atomic E-state index is 13.0. The Morgan fingerprint density at radius 2 is 1.76 bits per heavy atom. The molecular weight excluding hydrogens is 436 g/mol. The number of carbonyl (C=O) groups is 3. The van der Waals surface area contributed by atoms with E-state index in [9.17, 15) is 19.5 Å². The number of rotatable bonds is 6. The molecule has 178 valence electrons. The van der Waals surface area contributed by atoms with Crippen molar-refractivity contribution in [3.8, 4) is 11.1 Å². The van der Waals surface area contributed by atoms with Crippen LogP contribution in [0.5, 0.6) is 0 Å². The van der Waals surface area contributed by atoms with Crippen molar-refractivity contribution >= 4 is 18.0 Å². The number of fused-ring (bicyclic) bond motifs is 4. The molecule has 2 fully saturated rings. The van der Waals surface area contributed by atoms with E-state index in [4.69, 9.17) is 9.47 Å². The van der Waals surface area contributed by atoms with Gasteiger partial charge in [-0.2, -0.15) is 0 Å². The molecule has 8 heteroatoms. The van der Waals surface area contributed by atoms with Crippen molar-refractivity contribution in [3.63, 3.8) is 0 Å². The Kier molecular flexibility index (Phi) is 6.00. The lowest BCUT2D eigenvalue weighted by Crippen LogP contribution is -2.47. The normalized spacial score (nSPS) is 23.7. The predicted molar refractivity (Wildman–Crippen MR) is 123 cm³/mol. The van der Waals surface area contributed by atoms with Gasteiger partial charge < -0.3 is 24.8 Å². The van der Waals surface area contributed by atoms with E-state index < -0.39 is 24.1 Å². The van der Waals surface area contributed by atoms with Crippen molar-refractivity contribution in [1.29, 1.82) is 0 Å². The third-order valence-electron chi connectivity index (χ3n) is 7.09. The molecule has 4 atom stereocenters. The number of carboxylic acids is 1. The Hall–Kier alpha value is -3.39. The number of carboxylic acid groups (broad SMARTS) is 1. The van der Waals surface area contributed by atoms with Crippen LogP contribution >= 0.6 is 0 Å². The zero-order valence-corrected chi connectivity index (χ0v) is 19.0. The van der Waals surface area contributed by atoms with E-state index in [0.717, 1.165) is 22.3 Å². The molecule has 5 rings (SSSR count). The van der Waals surface area contributed by atoms with Crippen LogP contribution in [0.15, 0.2) is 48.5 Å². The average Bonchev–Trinajstić information content (AvgIpc) is 3.49. The van der Waals surface area contributed by atoms with Crippen LogP contribution in [0, 0.1) is 0 Å². The largest absolute Gasteiger partial charge is 0.480 e. The minimum atomic E-state index is -1.02. The summed E-state index contributed by atoms with van der Waals surface area (Å²) in [6.45, 7) is 2.43. The molecular formula is C26H28N2O6. The zero-order chi connectivity index (χ0) is 23.8. The fourth-order valence-electron chi connectivity index (χ4n) is 5.58. The van der Waals surface area contributed by atoms with Gasteiger partial charge in [0, 0.05) is 31.4 Å². The number of carbonyl (C=O) groups excluding carboxylic acids is 2. The standard InChI is InChI=1S/C26H28N2O6/c1-15(12-24(29)28-21-10-11-33-23(21)13-22(28)25(30)31)27-26(32)34-14-20-18-8-4-2-6-16(18)17-7-3-5-9-19(17)20/h2-9,15,20-23H,10-14H2,1H3,(H,27,32)(H,30,31)/t15-,21-,22?,23-/m1/s1. The third-order valence-corrected chi connectivity index (χ3v) is 7.09. The van der Waals surface area contributed by atoms with E-state index in [-0.39, 0.29) is 37.0 Å². The second-order valence-electron chi connectivity index (χ2n) is 9.23. The molecule has 2 aromatic rings. The Balaban J connectivity index is 1.18. The summed E-state index contributed by atoms with van der Waals surface area (Å²) in [5.74, 6) is -1.37. The second kappa shape index (κ2) is 9.10. The fraction of sp³-hybridized carbons (Fsp3) is 0.423. The summed E-state index contributed by atoms with van der Waals surface area (Å²) < 4.78 is 11.1. The van der Waals surface area contributed by atoms with Crippen LogP contribution in [-0.4, -0.2) is 65.4 Å². The Labute approximate surface area is 197 Å². The van der Waals surface area contributed by atoms with Gasteiger partial charge in [-0.15, -0.1) is 0 Å². The van der Waals surface area contributed by atoms with Crippen LogP contribution in [0.25, 0.3) is 11.1 Å². The molecule has 0 saturated carbocycles. The Morgan fingerprint density at radius 1 is 1.12 bits per heavy atom. The molecule has 2 aromatic carbocycles. The quantitative estimate of drug-likeness (QED) is 0.681. The van der Waals surface area contributed by atoms with Crippen LogP contribution in [0.3, 0.4) is 0 Å². The molecule has 2 saturated heterocycles. The van der Waals surface area contributed by atoms with E-state index in [0.29, 0.717) is 19.4 Å². The minimum absolute atomic E-state index is 0.00278. The molecule has 2 heterocycles. The van der Waals surface area contributed by atoms with Crippen LogP contribution in [0.2, 0.25) is 0 Å². The molecule has 0 aromatic heterocycles. The molecule has 2 amide bonds.